The third kappa shape index (κ3) is 4.37. The fraction of sp³-hybridized carbons (Fsp3) is 0.625. The summed E-state index contributed by atoms with van der Waals surface area (Å²) in [7, 11) is 1.57. The Bertz CT molecular complexity index is 1060. The Morgan fingerprint density at radius 1 is 1.15 bits per heavy atom. The molecule has 1 aliphatic heterocycles. The average Bonchev–Trinajstić information content (AvgIpc) is 3.49. The van der Waals surface area contributed by atoms with E-state index in [4.69, 9.17) is 19.4 Å². The summed E-state index contributed by atoms with van der Waals surface area (Å²) in [5.74, 6) is 2.42. The van der Waals surface area contributed by atoms with Crippen LogP contribution in [0.25, 0.3) is 0 Å². The third-order valence-electron chi connectivity index (χ3n) is 7.07. The van der Waals surface area contributed by atoms with Crippen molar-refractivity contribution in [1.29, 1.82) is 0 Å². The number of nitrogens with zero attached hydrogens (tertiary/aromatic N) is 3. The number of aliphatic hydroxyl groups is 3. The summed E-state index contributed by atoms with van der Waals surface area (Å²) in [5.41, 5.74) is 3.42. The summed E-state index contributed by atoms with van der Waals surface area (Å²) < 4.78 is 11.8. The second-order valence-corrected chi connectivity index (χ2v) is 9.70. The molecule has 0 radical (unpaired) electrons. The Balaban J connectivity index is 1.47. The van der Waals surface area contributed by atoms with E-state index in [1.807, 2.05) is 19.9 Å². The highest BCUT2D eigenvalue weighted by Crippen LogP contribution is 2.45. The Morgan fingerprint density at radius 2 is 1.94 bits per heavy atom. The van der Waals surface area contributed by atoms with Crippen molar-refractivity contribution in [3.05, 3.63) is 28.6 Å². The molecule has 10 heteroatoms. The largest absolute Gasteiger partial charge is 0.479 e. The van der Waals surface area contributed by atoms with Gasteiger partial charge in [0.1, 0.15) is 18.0 Å². The SMILES string of the molecule is COc1nc(C)cc2c1OC(c1c(C)nc(NCC3CC3)nc1N[C@@H]1C[C@H](CO)[C@@H](O)[C@H]1O)C2. The van der Waals surface area contributed by atoms with E-state index in [1.165, 1.54) is 12.8 Å². The molecule has 2 aromatic rings. The first kappa shape index (κ1) is 23.1. The molecule has 0 amide bonds. The first-order chi connectivity index (χ1) is 16.4. The lowest BCUT2D eigenvalue weighted by atomic mass is 10.0. The van der Waals surface area contributed by atoms with Gasteiger partial charge in [0.2, 0.25) is 5.95 Å². The molecule has 184 valence electrons. The van der Waals surface area contributed by atoms with Crippen LogP contribution >= 0.6 is 0 Å². The quantitative estimate of drug-likeness (QED) is 0.384. The maximum absolute atomic E-state index is 10.6. The van der Waals surface area contributed by atoms with Crippen molar-refractivity contribution in [3.63, 3.8) is 0 Å². The van der Waals surface area contributed by atoms with Crippen LogP contribution in [-0.2, 0) is 6.42 Å². The van der Waals surface area contributed by atoms with Gasteiger partial charge >= 0.3 is 0 Å². The van der Waals surface area contributed by atoms with Gasteiger partial charge in [-0.1, -0.05) is 0 Å². The van der Waals surface area contributed by atoms with E-state index in [-0.39, 0.29) is 12.7 Å². The lowest BCUT2D eigenvalue weighted by Crippen LogP contribution is -2.36. The number of rotatable bonds is 8. The maximum atomic E-state index is 10.6. The molecule has 0 bridgehead atoms. The van der Waals surface area contributed by atoms with Gasteiger partial charge in [-0.15, -0.1) is 0 Å². The summed E-state index contributed by atoms with van der Waals surface area (Å²) >= 11 is 0. The number of hydrogen-bond acceptors (Lipinski definition) is 10. The standard InChI is InChI=1S/C24H33N5O5/c1-11-6-14-8-17(34-21(14)23(26-11)33-3)18-12(2)27-24(25-9-13-4-5-13)29-22(18)28-16-7-15(10-30)19(31)20(16)32/h6,13,15-17,19-20,30-32H,4-5,7-10H2,1-3H3,(H2,25,27,28,29)/t15-,16-,17?,19-,20+/m1/s1. The molecule has 0 spiro atoms. The number of aromatic nitrogens is 3. The van der Waals surface area contributed by atoms with Crippen molar-refractivity contribution in [1.82, 2.24) is 15.0 Å². The van der Waals surface area contributed by atoms with E-state index < -0.39 is 24.2 Å². The second kappa shape index (κ2) is 9.16. The molecule has 1 unspecified atom stereocenters. The predicted molar refractivity (Wildman–Crippen MR) is 125 cm³/mol. The Labute approximate surface area is 198 Å². The molecule has 0 aromatic carbocycles. The molecule has 3 aliphatic rings. The number of hydrogen-bond donors (Lipinski definition) is 5. The molecule has 2 fully saturated rings. The van der Waals surface area contributed by atoms with Crippen molar-refractivity contribution < 1.29 is 24.8 Å². The predicted octanol–water partition coefficient (Wildman–Crippen LogP) is 1.51. The van der Waals surface area contributed by atoms with Crippen molar-refractivity contribution in [3.8, 4) is 11.6 Å². The molecule has 2 saturated carbocycles. The number of ether oxygens (including phenoxy) is 2. The van der Waals surface area contributed by atoms with Crippen molar-refractivity contribution in [2.75, 3.05) is 30.9 Å². The van der Waals surface area contributed by atoms with E-state index in [9.17, 15) is 15.3 Å². The molecule has 2 aliphatic carbocycles. The summed E-state index contributed by atoms with van der Waals surface area (Å²) in [6.45, 7) is 4.48. The molecular weight excluding hydrogens is 438 g/mol. The summed E-state index contributed by atoms with van der Waals surface area (Å²) in [4.78, 5) is 13.9. The van der Waals surface area contributed by atoms with Gasteiger partial charge in [0.25, 0.3) is 5.88 Å². The first-order valence-corrected chi connectivity index (χ1v) is 11.9. The summed E-state index contributed by atoms with van der Waals surface area (Å²) in [6, 6.07) is 1.54. The van der Waals surface area contributed by atoms with Gasteiger partial charge in [0.05, 0.1) is 30.5 Å². The van der Waals surface area contributed by atoms with Gasteiger partial charge in [0, 0.05) is 36.7 Å². The molecule has 10 nitrogen and oxygen atoms in total. The molecule has 5 rings (SSSR count). The fourth-order valence-electron chi connectivity index (χ4n) is 5.00. The van der Waals surface area contributed by atoms with Gasteiger partial charge in [-0.05, 0) is 45.1 Å². The highest BCUT2D eigenvalue weighted by Gasteiger charge is 2.42. The summed E-state index contributed by atoms with van der Waals surface area (Å²) in [6.07, 6.45) is 1.10. The molecule has 0 saturated heterocycles. The zero-order chi connectivity index (χ0) is 24.0. The zero-order valence-corrected chi connectivity index (χ0v) is 19.8. The third-order valence-corrected chi connectivity index (χ3v) is 7.07. The van der Waals surface area contributed by atoms with Crippen LogP contribution in [0.2, 0.25) is 0 Å². The number of nitrogens with one attached hydrogen (secondary N) is 2. The molecule has 2 aromatic heterocycles. The van der Waals surface area contributed by atoms with Crippen molar-refractivity contribution in [2.24, 2.45) is 11.8 Å². The van der Waals surface area contributed by atoms with Crippen LogP contribution in [0, 0.1) is 25.7 Å². The van der Waals surface area contributed by atoms with E-state index in [2.05, 4.69) is 15.6 Å². The van der Waals surface area contributed by atoms with Crippen LogP contribution in [0.4, 0.5) is 11.8 Å². The van der Waals surface area contributed by atoms with Crippen LogP contribution in [0.5, 0.6) is 11.6 Å². The normalized spacial score (nSPS) is 27.9. The minimum absolute atomic E-state index is 0.187. The Morgan fingerprint density at radius 3 is 2.62 bits per heavy atom. The van der Waals surface area contributed by atoms with E-state index in [1.54, 1.807) is 7.11 Å². The van der Waals surface area contributed by atoms with Crippen LogP contribution < -0.4 is 20.1 Å². The number of anilines is 2. The average molecular weight is 472 g/mol. The van der Waals surface area contributed by atoms with Gasteiger partial charge in [-0.3, -0.25) is 0 Å². The lowest BCUT2D eigenvalue weighted by molar-refractivity contribution is 0.00444. The van der Waals surface area contributed by atoms with Crippen LogP contribution in [-0.4, -0.2) is 68.8 Å². The minimum Gasteiger partial charge on any atom is -0.479 e. The highest BCUT2D eigenvalue weighted by molar-refractivity contribution is 5.56. The highest BCUT2D eigenvalue weighted by atomic mass is 16.5. The second-order valence-electron chi connectivity index (χ2n) is 9.70. The molecular formula is C24H33N5O5. The molecule has 3 heterocycles. The van der Waals surface area contributed by atoms with Crippen LogP contribution in [0.1, 0.15) is 47.9 Å². The minimum atomic E-state index is -1.02. The van der Waals surface area contributed by atoms with Crippen LogP contribution in [0.3, 0.4) is 0 Å². The first-order valence-electron chi connectivity index (χ1n) is 11.9. The Kier molecular flexibility index (Phi) is 6.22. The van der Waals surface area contributed by atoms with Crippen molar-refractivity contribution >= 4 is 11.8 Å². The van der Waals surface area contributed by atoms with Gasteiger partial charge in [0.15, 0.2) is 5.75 Å². The molecule has 34 heavy (non-hydrogen) atoms. The number of aliphatic hydroxyl groups excluding tert-OH is 3. The van der Waals surface area contributed by atoms with E-state index in [0.29, 0.717) is 42.2 Å². The van der Waals surface area contributed by atoms with Crippen molar-refractivity contribution in [2.45, 2.75) is 63.9 Å². The van der Waals surface area contributed by atoms with Crippen LogP contribution in [0.15, 0.2) is 6.07 Å². The zero-order valence-electron chi connectivity index (χ0n) is 19.8. The van der Waals surface area contributed by atoms with E-state index >= 15 is 0 Å². The van der Waals surface area contributed by atoms with E-state index in [0.717, 1.165) is 29.1 Å². The smallest absolute Gasteiger partial charge is 0.257 e. The van der Waals surface area contributed by atoms with Gasteiger partial charge < -0.3 is 35.4 Å². The van der Waals surface area contributed by atoms with Gasteiger partial charge in [-0.2, -0.15) is 4.98 Å². The number of aryl methyl sites for hydroxylation is 2. The number of methoxy groups -OCH3 is 1. The fourth-order valence-corrected chi connectivity index (χ4v) is 5.00. The number of pyridine rings is 1. The summed E-state index contributed by atoms with van der Waals surface area (Å²) in [5, 5.41) is 37.2. The monoisotopic (exact) mass is 471 g/mol. The topological polar surface area (TPSA) is 142 Å². The molecule has 5 atom stereocenters. The Hall–Kier alpha value is -2.69. The number of fused-ring (bicyclic) bond motifs is 1. The van der Waals surface area contributed by atoms with Gasteiger partial charge in [-0.25, -0.2) is 9.97 Å². The lowest BCUT2D eigenvalue weighted by Gasteiger charge is -2.24. The molecule has 5 N–H and O–H groups in total. The maximum Gasteiger partial charge on any atom is 0.257 e.